The van der Waals surface area contributed by atoms with Gasteiger partial charge in [-0.25, -0.2) is 4.98 Å². The number of anilines is 2. The Morgan fingerprint density at radius 1 is 1.33 bits per heavy atom. The molecular formula is C14H20N6O. The molecule has 0 radical (unpaired) electrons. The van der Waals surface area contributed by atoms with Crippen LogP contribution >= 0.6 is 0 Å². The largest absolute Gasteiger partial charge is 0.383 e. The summed E-state index contributed by atoms with van der Waals surface area (Å²) in [5.74, 6) is 0.402. The van der Waals surface area contributed by atoms with Gasteiger partial charge in [-0.15, -0.1) is 0 Å². The Morgan fingerprint density at radius 3 is 2.67 bits per heavy atom. The lowest BCUT2D eigenvalue weighted by Crippen LogP contribution is -2.37. The van der Waals surface area contributed by atoms with Crippen LogP contribution in [0.5, 0.6) is 0 Å². The van der Waals surface area contributed by atoms with Gasteiger partial charge in [0.15, 0.2) is 0 Å². The lowest BCUT2D eigenvalue weighted by molar-refractivity contribution is -0.128. The molecule has 0 saturated heterocycles. The van der Waals surface area contributed by atoms with Crippen molar-refractivity contribution in [3.63, 3.8) is 0 Å². The van der Waals surface area contributed by atoms with Gasteiger partial charge in [0.2, 0.25) is 5.95 Å². The van der Waals surface area contributed by atoms with Gasteiger partial charge in [-0.1, -0.05) is 6.08 Å². The summed E-state index contributed by atoms with van der Waals surface area (Å²) < 4.78 is 0. The average molecular weight is 288 g/mol. The lowest BCUT2D eigenvalue weighted by atomic mass is 10.1. The maximum Gasteiger partial charge on any atom is 0.272 e. The van der Waals surface area contributed by atoms with Crippen molar-refractivity contribution in [1.82, 2.24) is 14.9 Å². The second-order valence-electron chi connectivity index (χ2n) is 5.10. The van der Waals surface area contributed by atoms with Crippen LogP contribution in [0.15, 0.2) is 16.8 Å². The number of aliphatic imine (C=N–C) groups is 1. The maximum absolute atomic E-state index is 12.5. The van der Waals surface area contributed by atoms with Crippen molar-refractivity contribution >= 4 is 23.4 Å². The molecule has 0 saturated carbocycles. The van der Waals surface area contributed by atoms with Crippen molar-refractivity contribution in [3.05, 3.63) is 23.0 Å². The van der Waals surface area contributed by atoms with E-state index in [0.29, 0.717) is 31.0 Å². The second kappa shape index (κ2) is 5.90. The molecule has 0 aliphatic carbocycles. The first-order chi connectivity index (χ1) is 9.92. The predicted octanol–water partition coefficient (Wildman–Crippen LogP) is 0.910. The van der Waals surface area contributed by atoms with Crippen LogP contribution in [0.25, 0.3) is 0 Å². The molecule has 1 aromatic rings. The summed E-state index contributed by atoms with van der Waals surface area (Å²) in [6.45, 7) is 6.47. The Balaban J connectivity index is 2.25. The molecule has 1 aliphatic rings. The molecule has 1 aliphatic heterocycles. The highest BCUT2D eigenvalue weighted by atomic mass is 16.2. The Kier molecular flexibility index (Phi) is 4.21. The van der Waals surface area contributed by atoms with Crippen molar-refractivity contribution in [2.75, 3.05) is 18.0 Å². The summed E-state index contributed by atoms with van der Waals surface area (Å²) in [6.07, 6.45) is 2.33. The molecule has 0 fully saturated rings. The Bertz CT molecular complexity index is 631. The topological polar surface area (TPSA) is 110 Å². The highest BCUT2D eigenvalue weighted by molar-refractivity contribution is 5.96. The van der Waals surface area contributed by atoms with E-state index >= 15 is 0 Å². The molecular weight excluding hydrogens is 268 g/mol. The van der Waals surface area contributed by atoms with Crippen LogP contribution in [0.1, 0.15) is 32.0 Å². The van der Waals surface area contributed by atoms with Crippen LogP contribution in [0, 0.1) is 0 Å². The van der Waals surface area contributed by atoms with Crippen molar-refractivity contribution < 1.29 is 4.79 Å². The van der Waals surface area contributed by atoms with Gasteiger partial charge in [0.25, 0.3) is 5.91 Å². The summed E-state index contributed by atoms with van der Waals surface area (Å²) >= 11 is 0. The van der Waals surface area contributed by atoms with Crippen LogP contribution in [0.3, 0.4) is 0 Å². The zero-order chi connectivity index (χ0) is 15.6. The molecule has 1 amide bonds. The van der Waals surface area contributed by atoms with Crippen molar-refractivity contribution in [3.8, 4) is 0 Å². The second-order valence-corrected chi connectivity index (χ2v) is 5.10. The van der Waals surface area contributed by atoms with Gasteiger partial charge < -0.3 is 16.4 Å². The molecule has 7 nitrogen and oxygen atoms in total. The van der Waals surface area contributed by atoms with E-state index in [0.717, 1.165) is 17.0 Å². The molecule has 21 heavy (non-hydrogen) atoms. The van der Waals surface area contributed by atoms with Crippen molar-refractivity contribution in [1.29, 1.82) is 0 Å². The van der Waals surface area contributed by atoms with Crippen LogP contribution in [-0.4, -0.2) is 33.0 Å². The van der Waals surface area contributed by atoms with Gasteiger partial charge in [-0.05, 0) is 20.8 Å². The number of nitrogen functional groups attached to an aromatic ring is 2. The third-order valence-electron chi connectivity index (χ3n) is 3.23. The molecule has 0 unspecified atom stereocenters. The van der Waals surface area contributed by atoms with Gasteiger partial charge in [0.05, 0.1) is 12.2 Å². The quantitative estimate of drug-likeness (QED) is 0.620. The number of hydrogen-bond donors (Lipinski definition) is 2. The average Bonchev–Trinajstić information content (AvgIpc) is 2.43. The number of fused-ring (bicyclic) bond motifs is 1. The molecule has 0 bridgehead atoms. The number of allylic oxidation sites excluding steroid dienone is 1. The first kappa shape index (κ1) is 15.0. The fraction of sp³-hybridized carbons (Fsp3) is 0.429. The molecule has 0 spiro atoms. The third-order valence-corrected chi connectivity index (χ3v) is 3.23. The summed E-state index contributed by atoms with van der Waals surface area (Å²) in [7, 11) is 0. The smallest absolute Gasteiger partial charge is 0.272 e. The number of carbonyl (C=O) groups is 1. The van der Waals surface area contributed by atoms with Crippen molar-refractivity contribution in [2.24, 2.45) is 4.99 Å². The number of amides is 1. The Labute approximate surface area is 123 Å². The molecule has 2 rings (SSSR count). The van der Waals surface area contributed by atoms with E-state index in [1.165, 1.54) is 0 Å². The minimum Gasteiger partial charge on any atom is -0.383 e. The summed E-state index contributed by atoms with van der Waals surface area (Å²) in [5.41, 5.74) is 14.3. The van der Waals surface area contributed by atoms with Gasteiger partial charge >= 0.3 is 0 Å². The zero-order valence-electron chi connectivity index (χ0n) is 12.6. The van der Waals surface area contributed by atoms with E-state index in [1.54, 1.807) is 17.9 Å². The monoisotopic (exact) mass is 288 g/mol. The van der Waals surface area contributed by atoms with Gasteiger partial charge in [-0.2, -0.15) is 4.98 Å². The molecule has 2 heterocycles. The van der Waals surface area contributed by atoms with E-state index in [-0.39, 0.29) is 11.9 Å². The van der Waals surface area contributed by atoms with Crippen LogP contribution in [-0.2, 0) is 17.8 Å². The maximum atomic E-state index is 12.5. The molecule has 0 atom stereocenters. The van der Waals surface area contributed by atoms with Crippen molar-refractivity contribution in [2.45, 2.75) is 33.7 Å². The van der Waals surface area contributed by atoms with Crippen LogP contribution in [0.2, 0.25) is 0 Å². The summed E-state index contributed by atoms with van der Waals surface area (Å²) in [6, 6.07) is 0. The predicted molar refractivity (Wildman–Crippen MR) is 82.5 cm³/mol. The molecule has 4 N–H and O–H groups in total. The Morgan fingerprint density at radius 2 is 2.05 bits per heavy atom. The minimum atomic E-state index is -0.111. The normalized spacial score (nSPS) is 14.6. The summed E-state index contributed by atoms with van der Waals surface area (Å²) in [4.78, 5) is 26.6. The molecule has 0 aromatic carbocycles. The Hall–Kier alpha value is -2.44. The van der Waals surface area contributed by atoms with E-state index < -0.39 is 0 Å². The van der Waals surface area contributed by atoms with Crippen LogP contribution in [0.4, 0.5) is 11.8 Å². The molecule has 112 valence electrons. The highest BCUT2D eigenvalue weighted by Crippen LogP contribution is 2.23. The lowest BCUT2D eigenvalue weighted by Gasteiger charge is -2.28. The minimum absolute atomic E-state index is 0.111. The molecule has 1 aromatic heterocycles. The fourth-order valence-electron chi connectivity index (χ4n) is 2.27. The van der Waals surface area contributed by atoms with Gasteiger partial charge in [0, 0.05) is 24.2 Å². The standard InChI is InChI=1S/C14H20N6O/c1-4-10(17-8(2)3)13(21)20-6-5-11-9(7-20)12(15)19-14(16)18-11/h4H,5-7H2,1-3H3,(H4,15,16,18,19)/b10-4-. The number of nitrogens with two attached hydrogens (primary N) is 2. The summed E-state index contributed by atoms with van der Waals surface area (Å²) in [5, 5.41) is 0. The SMILES string of the molecule is C/C=C(\N=C(C)C)C(=O)N1CCc2nc(N)nc(N)c2C1. The van der Waals surface area contributed by atoms with E-state index in [4.69, 9.17) is 11.5 Å². The zero-order valence-corrected chi connectivity index (χ0v) is 12.6. The number of carbonyl (C=O) groups excluding carboxylic acids is 1. The van der Waals surface area contributed by atoms with Gasteiger partial charge in [-0.3, -0.25) is 9.79 Å². The first-order valence-electron chi connectivity index (χ1n) is 6.80. The van der Waals surface area contributed by atoms with E-state index in [1.807, 2.05) is 13.8 Å². The third kappa shape index (κ3) is 3.18. The van der Waals surface area contributed by atoms with Gasteiger partial charge in [0.1, 0.15) is 11.5 Å². The van der Waals surface area contributed by atoms with E-state index in [2.05, 4.69) is 15.0 Å². The highest BCUT2D eigenvalue weighted by Gasteiger charge is 2.26. The van der Waals surface area contributed by atoms with Crippen LogP contribution < -0.4 is 11.5 Å². The number of rotatable bonds is 2. The fourth-order valence-corrected chi connectivity index (χ4v) is 2.27. The molecule has 7 heteroatoms. The number of hydrogen-bond acceptors (Lipinski definition) is 6. The first-order valence-corrected chi connectivity index (χ1v) is 6.80. The number of nitrogens with zero attached hydrogens (tertiary/aromatic N) is 4. The number of aromatic nitrogens is 2. The van der Waals surface area contributed by atoms with E-state index in [9.17, 15) is 4.79 Å².